The zero-order chi connectivity index (χ0) is 37.4. The molecule has 1 N–H and O–H groups in total. The largest absolute Gasteiger partial charge is 0.481 e. The van der Waals surface area contributed by atoms with E-state index >= 15 is 0 Å². The predicted octanol–water partition coefficient (Wildman–Crippen LogP) is 14.8. The molecule has 1 unspecified atom stereocenters. The number of aliphatic carboxylic acids is 1. The van der Waals surface area contributed by atoms with Crippen LogP contribution in [0.25, 0.3) is 33.4 Å². The summed E-state index contributed by atoms with van der Waals surface area (Å²) in [7, 11) is 0. The van der Waals surface area contributed by atoms with Gasteiger partial charge in [0.25, 0.3) is 0 Å². The molecule has 0 amide bonds. The van der Waals surface area contributed by atoms with Crippen LogP contribution < -0.4 is 0 Å². The van der Waals surface area contributed by atoms with Gasteiger partial charge in [-0.3, -0.25) is 4.79 Å². The lowest BCUT2D eigenvalue weighted by Crippen LogP contribution is -2.26. The van der Waals surface area contributed by atoms with Crippen LogP contribution in [0.4, 0.5) is 0 Å². The van der Waals surface area contributed by atoms with Gasteiger partial charge in [0.1, 0.15) is 0 Å². The van der Waals surface area contributed by atoms with Gasteiger partial charge in [-0.15, -0.1) is 0 Å². The van der Waals surface area contributed by atoms with Crippen LogP contribution in [0.15, 0.2) is 72.8 Å². The maximum atomic E-state index is 11.7. The fraction of sp³-hybridized carbons (Fsp3) is 0.490. The summed E-state index contributed by atoms with van der Waals surface area (Å²) in [5.41, 5.74) is 16.0. The Kier molecular flexibility index (Phi) is 13.0. The molecule has 6 rings (SSSR count). The van der Waals surface area contributed by atoms with Crippen molar-refractivity contribution in [3.05, 3.63) is 113 Å². The van der Waals surface area contributed by atoms with Crippen molar-refractivity contribution in [2.75, 3.05) is 0 Å². The van der Waals surface area contributed by atoms with E-state index in [1.807, 2.05) is 0 Å². The molecule has 280 valence electrons. The molecule has 2 radical (unpaired) electrons. The van der Waals surface area contributed by atoms with Gasteiger partial charge in [0, 0.05) is 17.3 Å². The lowest BCUT2D eigenvalue weighted by Gasteiger charge is -2.34. The van der Waals surface area contributed by atoms with Crippen molar-refractivity contribution in [1.29, 1.82) is 0 Å². The number of hydrogen-bond donors (Lipinski definition) is 1. The van der Waals surface area contributed by atoms with Crippen LogP contribution in [0, 0.1) is 20.8 Å². The third kappa shape index (κ3) is 8.08. The molecular weight excluding hydrogens is 645 g/mol. The number of carboxylic acids is 1. The number of carboxylic acid groups (broad SMARTS) is 1. The van der Waals surface area contributed by atoms with E-state index in [-0.39, 0.29) is 17.3 Å². The number of carbonyl (C=O) groups is 1. The summed E-state index contributed by atoms with van der Waals surface area (Å²) >= 11 is 0. The normalized spacial score (nSPS) is 16.3. The van der Waals surface area contributed by atoms with Crippen LogP contribution in [-0.4, -0.2) is 11.1 Å². The van der Waals surface area contributed by atoms with E-state index in [4.69, 9.17) is 6.92 Å². The molecule has 0 heterocycles. The van der Waals surface area contributed by atoms with Crippen LogP contribution in [0.2, 0.25) is 0 Å². The summed E-state index contributed by atoms with van der Waals surface area (Å²) in [5.74, 6) is -0.732. The molecule has 4 aromatic carbocycles. The Morgan fingerprint density at radius 2 is 0.887 bits per heavy atom. The van der Waals surface area contributed by atoms with Crippen LogP contribution in [-0.2, 0) is 15.6 Å². The van der Waals surface area contributed by atoms with Crippen LogP contribution in [0.5, 0.6) is 0 Å². The highest BCUT2D eigenvalue weighted by atomic mass is 16.4. The first-order chi connectivity index (χ1) is 25.8. The minimum Gasteiger partial charge on any atom is -0.481 e. The second kappa shape index (κ2) is 17.7. The van der Waals surface area contributed by atoms with E-state index in [2.05, 4.69) is 100 Å². The zero-order valence-electron chi connectivity index (χ0n) is 33.3. The first-order valence-electron chi connectivity index (χ1n) is 21.2. The van der Waals surface area contributed by atoms with Crippen molar-refractivity contribution in [2.24, 2.45) is 0 Å². The molecule has 0 aliphatic heterocycles. The van der Waals surface area contributed by atoms with Crippen LogP contribution in [0.1, 0.15) is 169 Å². The zero-order valence-corrected chi connectivity index (χ0v) is 33.3. The van der Waals surface area contributed by atoms with Gasteiger partial charge in [0.15, 0.2) is 0 Å². The number of aryl methyl sites for hydroxylation is 2. The van der Waals surface area contributed by atoms with Gasteiger partial charge in [-0.2, -0.15) is 0 Å². The molecule has 0 saturated heterocycles. The Morgan fingerprint density at radius 1 is 0.509 bits per heavy atom. The van der Waals surface area contributed by atoms with Crippen molar-refractivity contribution >= 4 is 5.97 Å². The Bertz CT molecular complexity index is 1850. The highest BCUT2D eigenvalue weighted by Crippen LogP contribution is 2.57. The summed E-state index contributed by atoms with van der Waals surface area (Å²) in [5, 5.41) is 9.61. The van der Waals surface area contributed by atoms with Gasteiger partial charge in [-0.1, -0.05) is 163 Å². The summed E-state index contributed by atoms with van der Waals surface area (Å²) in [6.07, 6.45) is 21.1. The third-order valence-electron chi connectivity index (χ3n) is 12.8. The molecule has 0 bridgehead atoms. The second-order valence-corrected chi connectivity index (χ2v) is 16.6. The molecule has 2 aliphatic rings. The lowest BCUT2D eigenvalue weighted by atomic mass is 9.69. The number of hydrogen-bond acceptors (Lipinski definition) is 1. The summed E-state index contributed by atoms with van der Waals surface area (Å²) in [4.78, 5) is 11.7. The topological polar surface area (TPSA) is 37.3 Å². The van der Waals surface area contributed by atoms with Crippen molar-refractivity contribution in [2.45, 2.75) is 161 Å². The van der Waals surface area contributed by atoms with Gasteiger partial charge < -0.3 is 5.11 Å². The number of rotatable bonds is 21. The molecule has 0 fully saturated rings. The Balaban J connectivity index is 1.42. The summed E-state index contributed by atoms with van der Waals surface area (Å²) in [6, 6.07) is 28.5. The Morgan fingerprint density at radius 3 is 1.32 bits per heavy atom. The van der Waals surface area contributed by atoms with Gasteiger partial charge in [0.05, 0.1) is 0 Å². The van der Waals surface area contributed by atoms with E-state index in [9.17, 15) is 9.90 Å². The molecule has 2 aliphatic carbocycles. The average Bonchev–Trinajstić information content (AvgIpc) is 3.56. The minimum atomic E-state index is -0.732. The second-order valence-electron chi connectivity index (χ2n) is 16.6. The SMILES string of the molecule is [CH]CCC1(CCCC(=O)O)c2cc(C)ccc2-c2ccc(-c3ccc4c(c3)C(CCCCCCCC)(CCCCCCCC)c3cc(C)ccc3-4)cc21. The smallest absolute Gasteiger partial charge is 0.303 e. The van der Waals surface area contributed by atoms with Gasteiger partial charge in [0.2, 0.25) is 0 Å². The number of benzene rings is 4. The van der Waals surface area contributed by atoms with Crippen molar-refractivity contribution in [3.63, 3.8) is 0 Å². The maximum Gasteiger partial charge on any atom is 0.303 e. The quantitative estimate of drug-likeness (QED) is 0.0875. The van der Waals surface area contributed by atoms with Crippen molar-refractivity contribution in [1.82, 2.24) is 0 Å². The summed E-state index contributed by atoms with van der Waals surface area (Å²) in [6.45, 7) is 15.4. The van der Waals surface area contributed by atoms with E-state index in [1.54, 1.807) is 5.56 Å². The Hall–Kier alpha value is -3.65. The molecule has 0 saturated carbocycles. The molecule has 0 spiro atoms. The van der Waals surface area contributed by atoms with Gasteiger partial charge in [-0.25, -0.2) is 0 Å². The first-order valence-corrected chi connectivity index (χ1v) is 21.2. The van der Waals surface area contributed by atoms with Crippen LogP contribution >= 0.6 is 0 Å². The first kappa shape index (κ1) is 39.1. The number of unbranched alkanes of at least 4 members (excludes halogenated alkanes) is 10. The predicted molar refractivity (Wildman–Crippen MR) is 225 cm³/mol. The molecular formula is C51H64O2. The fourth-order valence-corrected chi connectivity index (χ4v) is 10.1. The van der Waals surface area contributed by atoms with E-state index in [0.717, 1.165) is 12.8 Å². The van der Waals surface area contributed by atoms with Gasteiger partial charge >= 0.3 is 5.97 Å². The van der Waals surface area contributed by atoms with Crippen molar-refractivity contribution < 1.29 is 9.90 Å². The third-order valence-corrected chi connectivity index (χ3v) is 12.8. The molecule has 0 aromatic heterocycles. The van der Waals surface area contributed by atoms with Crippen LogP contribution in [0.3, 0.4) is 0 Å². The standard InChI is InChI=1S/C51H64O2/c1-6-9-11-13-15-17-30-51(31-18-16-14-12-10-7-2)46-34-38(5)22-26-42(46)44-28-24-40(36-48(44)51)39-23-27-43-41-25-21-37(4)33-45(41)50(29-8-3,47(43)35-39)32-19-20-49(52)53/h3,21-28,33-36H,6-20,29-32H2,1-2,4-5H3,(H,52,53). The molecule has 53 heavy (non-hydrogen) atoms. The molecule has 2 nitrogen and oxygen atoms in total. The monoisotopic (exact) mass is 708 g/mol. The molecule has 4 aromatic rings. The molecule has 2 heteroatoms. The summed E-state index contributed by atoms with van der Waals surface area (Å²) < 4.78 is 0. The average molecular weight is 709 g/mol. The lowest BCUT2D eigenvalue weighted by molar-refractivity contribution is -0.137. The Labute approximate surface area is 321 Å². The maximum absolute atomic E-state index is 11.7. The highest BCUT2D eigenvalue weighted by molar-refractivity contribution is 5.87. The number of fused-ring (bicyclic) bond motifs is 6. The van der Waals surface area contributed by atoms with Gasteiger partial charge in [-0.05, 0) is 127 Å². The van der Waals surface area contributed by atoms with E-state index < -0.39 is 5.97 Å². The minimum absolute atomic E-state index is 0.0346. The fourth-order valence-electron chi connectivity index (χ4n) is 10.1. The van der Waals surface area contributed by atoms with E-state index in [0.29, 0.717) is 12.8 Å². The van der Waals surface area contributed by atoms with Crippen molar-refractivity contribution in [3.8, 4) is 33.4 Å². The molecule has 1 atom stereocenters. The highest BCUT2D eigenvalue weighted by Gasteiger charge is 2.44. The van der Waals surface area contributed by atoms with E-state index in [1.165, 1.54) is 151 Å².